The molecule has 1 aromatic rings. The third-order valence-corrected chi connectivity index (χ3v) is 5.53. The average molecular weight is 286 g/mol. The lowest BCUT2D eigenvalue weighted by molar-refractivity contribution is 0.523. The lowest BCUT2D eigenvalue weighted by Crippen LogP contribution is -2.38. The fourth-order valence-corrected chi connectivity index (χ4v) is 4.28. The minimum atomic E-state index is -0.922. The van der Waals surface area contributed by atoms with Crippen LogP contribution < -0.4 is 5.32 Å². The van der Waals surface area contributed by atoms with E-state index in [1.165, 1.54) is 6.42 Å². The topological polar surface area (TPSA) is 29.1 Å². The molecule has 1 saturated carbocycles. The van der Waals surface area contributed by atoms with Gasteiger partial charge in [0.15, 0.2) is 0 Å². The van der Waals surface area contributed by atoms with Gasteiger partial charge in [-0.15, -0.1) is 0 Å². The van der Waals surface area contributed by atoms with Crippen molar-refractivity contribution in [1.29, 1.82) is 0 Å². The van der Waals surface area contributed by atoms with Crippen LogP contribution in [0.25, 0.3) is 0 Å². The molecule has 0 heterocycles. The first-order valence-electron chi connectivity index (χ1n) is 6.62. The van der Waals surface area contributed by atoms with Gasteiger partial charge in [-0.1, -0.05) is 24.9 Å². The Kier molecular flexibility index (Phi) is 5.22. The van der Waals surface area contributed by atoms with E-state index in [9.17, 15) is 4.21 Å². The number of rotatable bonds is 5. The highest BCUT2D eigenvalue weighted by Crippen LogP contribution is 2.28. The summed E-state index contributed by atoms with van der Waals surface area (Å²) in [6, 6.07) is 7.80. The van der Waals surface area contributed by atoms with Gasteiger partial charge < -0.3 is 5.32 Å². The van der Waals surface area contributed by atoms with Crippen LogP contribution in [0.2, 0.25) is 5.02 Å². The van der Waals surface area contributed by atoms with Gasteiger partial charge in [0.1, 0.15) is 0 Å². The van der Waals surface area contributed by atoms with Crippen LogP contribution >= 0.6 is 11.6 Å². The van der Waals surface area contributed by atoms with Gasteiger partial charge in [0.05, 0.1) is 16.0 Å². The van der Waals surface area contributed by atoms with Gasteiger partial charge in [0.2, 0.25) is 0 Å². The lowest BCUT2D eigenvalue weighted by Gasteiger charge is -2.20. The molecule has 4 heteroatoms. The number of hydrogen-bond acceptors (Lipinski definition) is 2. The summed E-state index contributed by atoms with van der Waals surface area (Å²) in [5, 5.41) is 4.47. The number of benzene rings is 1. The van der Waals surface area contributed by atoms with Crippen LogP contribution in [0.15, 0.2) is 29.2 Å². The molecule has 1 aliphatic carbocycles. The maximum Gasteiger partial charge on any atom is 0.0576 e. The second kappa shape index (κ2) is 6.69. The molecule has 1 fully saturated rings. The van der Waals surface area contributed by atoms with E-state index in [0.717, 1.165) is 30.7 Å². The highest BCUT2D eigenvalue weighted by Gasteiger charge is 2.32. The molecule has 1 N–H and O–H groups in total. The number of nitrogens with one attached hydrogen (secondary N) is 1. The largest absolute Gasteiger partial charge is 0.313 e. The Morgan fingerprint density at radius 3 is 2.72 bits per heavy atom. The van der Waals surface area contributed by atoms with Crippen molar-refractivity contribution in [2.75, 3.05) is 6.54 Å². The third kappa shape index (κ3) is 3.34. The zero-order valence-electron chi connectivity index (χ0n) is 10.7. The molecule has 2 nitrogen and oxygen atoms in total. The second-order valence-corrected chi connectivity index (χ2v) is 6.89. The van der Waals surface area contributed by atoms with Crippen LogP contribution in [0, 0.1) is 0 Å². The Bertz CT molecular complexity index is 407. The quantitative estimate of drug-likeness (QED) is 0.899. The molecular formula is C14H20ClNOS. The van der Waals surface area contributed by atoms with Crippen molar-refractivity contribution < 1.29 is 4.21 Å². The summed E-state index contributed by atoms with van der Waals surface area (Å²) in [7, 11) is -0.922. The van der Waals surface area contributed by atoms with E-state index in [-0.39, 0.29) is 5.25 Å². The van der Waals surface area contributed by atoms with E-state index in [4.69, 9.17) is 11.6 Å². The van der Waals surface area contributed by atoms with E-state index in [0.29, 0.717) is 11.1 Å². The van der Waals surface area contributed by atoms with E-state index in [2.05, 4.69) is 12.2 Å². The van der Waals surface area contributed by atoms with E-state index >= 15 is 0 Å². The van der Waals surface area contributed by atoms with Crippen LogP contribution in [0.5, 0.6) is 0 Å². The summed E-state index contributed by atoms with van der Waals surface area (Å²) in [4.78, 5) is 0.898. The first-order valence-corrected chi connectivity index (χ1v) is 8.21. The monoisotopic (exact) mass is 285 g/mol. The minimum absolute atomic E-state index is 0.248. The van der Waals surface area contributed by atoms with Gasteiger partial charge in [-0.05, 0) is 50.1 Å². The van der Waals surface area contributed by atoms with Crippen LogP contribution in [-0.2, 0) is 10.8 Å². The molecule has 0 radical (unpaired) electrons. The molecule has 0 aliphatic heterocycles. The molecule has 3 atom stereocenters. The highest BCUT2D eigenvalue weighted by atomic mass is 35.5. The highest BCUT2D eigenvalue weighted by molar-refractivity contribution is 7.85. The van der Waals surface area contributed by atoms with Crippen LogP contribution in [0.1, 0.15) is 32.6 Å². The minimum Gasteiger partial charge on any atom is -0.313 e. The van der Waals surface area contributed by atoms with Crippen LogP contribution in [0.3, 0.4) is 0 Å². The van der Waals surface area contributed by atoms with Crippen molar-refractivity contribution in [3.05, 3.63) is 29.3 Å². The molecule has 0 saturated heterocycles. The zero-order valence-corrected chi connectivity index (χ0v) is 12.3. The van der Waals surface area contributed by atoms with E-state index < -0.39 is 10.8 Å². The fourth-order valence-electron chi connectivity index (χ4n) is 2.49. The Morgan fingerprint density at radius 2 is 2.06 bits per heavy atom. The summed E-state index contributed by atoms with van der Waals surface area (Å²) in [6.07, 6.45) is 4.49. The molecule has 0 amide bonds. The van der Waals surface area contributed by atoms with Crippen molar-refractivity contribution in [3.8, 4) is 0 Å². The summed E-state index contributed by atoms with van der Waals surface area (Å²) >= 11 is 5.86. The average Bonchev–Trinajstić information content (AvgIpc) is 2.84. The summed E-state index contributed by atoms with van der Waals surface area (Å²) in [5.74, 6) is 0. The van der Waals surface area contributed by atoms with Crippen molar-refractivity contribution in [3.63, 3.8) is 0 Å². The molecule has 0 aromatic heterocycles. The molecule has 0 bridgehead atoms. The van der Waals surface area contributed by atoms with E-state index in [1.807, 2.05) is 24.3 Å². The third-order valence-electron chi connectivity index (χ3n) is 3.43. The SMILES string of the molecule is CCCNC1CCCC1S(=O)c1ccc(Cl)cc1. The Balaban J connectivity index is 2.05. The smallest absolute Gasteiger partial charge is 0.0576 e. The van der Waals surface area contributed by atoms with Crippen molar-refractivity contribution in [2.24, 2.45) is 0 Å². The zero-order chi connectivity index (χ0) is 13.0. The molecule has 1 aliphatic rings. The summed E-state index contributed by atoms with van der Waals surface area (Å²) in [5.41, 5.74) is 0. The first-order chi connectivity index (χ1) is 8.72. The predicted molar refractivity (Wildman–Crippen MR) is 77.6 cm³/mol. The molecule has 18 heavy (non-hydrogen) atoms. The standard InChI is InChI=1S/C14H20ClNOS/c1-2-10-16-13-4-3-5-14(13)18(17)12-8-6-11(15)7-9-12/h6-9,13-14,16H,2-5,10H2,1H3. The summed E-state index contributed by atoms with van der Waals surface area (Å²) in [6.45, 7) is 3.17. The molecular weight excluding hydrogens is 266 g/mol. The first kappa shape index (κ1) is 14.0. The number of hydrogen-bond donors (Lipinski definition) is 1. The summed E-state index contributed by atoms with van der Waals surface area (Å²) < 4.78 is 12.6. The molecule has 3 unspecified atom stereocenters. The molecule has 2 rings (SSSR count). The van der Waals surface area contributed by atoms with Gasteiger partial charge in [-0.25, -0.2) is 0 Å². The lowest BCUT2D eigenvalue weighted by atomic mass is 10.2. The second-order valence-electron chi connectivity index (χ2n) is 4.78. The fraction of sp³-hybridized carbons (Fsp3) is 0.571. The van der Waals surface area contributed by atoms with Crippen molar-refractivity contribution in [1.82, 2.24) is 5.32 Å². The maximum absolute atomic E-state index is 12.6. The molecule has 1 aromatic carbocycles. The van der Waals surface area contributed by atoms with Gasteiger partial charge in [0.25, 0.3) is 0 Å². The number of halogens is 1. The van der Waals surface area contributed by atoms with Gasteiger partial charge >= 0.3 is 0 Å². The van der Waals surface area contributed by atoms with Gasteiger partial charge in [0, 0.05) is 16.0 Å². The maximum atomic E-state index is 12.6. The Labute approximate surface area is 117 Å². The Morgan fingerprint density at radius 1 is 1.33 bits per heavy atom. The van der Waals surface area contributed by atoms with E-state index in [1.54, 1.807) is 0 Å². The van der Waals surface area contributed by atoms with Crippen LogP contribution in [-0.4, -0.2) is 22.0 Å². The van der Waals surface area contributed by atoms with Gasteiger partial charge in [-0.2, -0.15) is 0 Å². The van der Waals surface area contributed by atoms with Crippen molar-refractivity contribution in [2.45, 2.75) is 48.8 Å². The normalized spacial score (nSPS) is 25.2. The van der Waals surface area contributed by atoms with Crippen molar-refractivity contribution >= 4 is 22.4 Å². The van der Waals surface area contributed by atoms with Gasteiger partial charge in [-0.3, -0.25) is 4.21 Å². The molecule has 0 spiro atoms. The molecule has 100 valence electrons. The Hall–Kier alpha value is -0.380. The predicted octanol–water partition coefficient (Wildman–Crippen LogP) is 3.37. The van der Waals surface area contributed by atoms with Crippen LogP contribution in [0.4, 0.5) is 0 Å².